The van der Waals surface area contributed by atoms with Crippen molar-refractivity contribution in [1.29, 1.82) is 0 Å². The third kappa shape index (κ3) is 2.78. The second kappa shape index (κ2) is 5.50. The minimum absolute atomic E-state index is 0.112. The quantitative estimate of drug-likeness (QED) is 0.575. The fourth-order valence-corrected chi connectivity index (χ4v) is 3.01. The van der Waals surface area contributed by atoms with Crippen LogP contribution in [0.3, 0.4) is 0 Å². The number of hydrogen-bond donors (Lipinski definition) is 1. The van der Waals surface area contributed by atoms with Gasteiger partial charge in [-0.25, -0.2) is 0 Å². The molecule has 0 aliphatic heterocycles. The minimum atomic E-state index is -0.112. The second-order valence-corrected chi connectivity index (χ2v) is 5.12. The van der Waals surface area contributed by atoms with Gasteiger partial charge in [0.25, 0.3) is 0 Å². The van der Waals surface area contributed by atoms with Gasteiger partial charge >= 0.3 is 0 Å². The first kappa shape index (κ1) is 12.4. The highest BCUT2D eigenvalue weighted by Crippen LogP contribution is 2.51. The first-order valence-electron chi connectivity index (χ1n) is 6.63. The highest BCUT2D eigenvalue weighted by molar-refractivity contribution is 5.26. The van der Waals surface area contributed by atoms with E-state index in [1.54, 1.807) is 0 Å². The van der Waals surface area contributed by atoms with Crippen molar-refractivity contribution in [1.82, 2.24) is 0 Å². The molecule has 2 rings (SSSR count). The Labute approximate surface area is 104 Å². The van der Waals surface area contributed by atoms with Crippen molar-refractivity contribution in [2.75, 3.05) is 0 Å². The third-order valence-corrected chi connectivity index (χ3v) is 3.87. The molecule has 1 fully saturated rings. The van der Waals surface area contributed by atoms with Gasteiger partial charge in [-0.15, -0.1) is 0 Å². The fraction of sp³-hybridized carbons (Fsp3) is 0.500. The van der Waals surface area contributed by atoms with E-state index < -0.39 is 0 Å². The molecule has 0 radical (unpaired) electrons. The lowest BCUT2D eigenvalue weighted by atomic mass is 9.80. The molecule has 0 aromatic heterocycles. The Morgan fingerprint density at radius 2 is 2.12 bits per heavy atom. The molecule has 0 amide bonds. The molecular formula is C16H22O. The Kier molecular flexibility index (Phi) is 4.01. The molecule has 3 unspecified atom stereocenters. The molecule has 0 bridgehead atoms. The lowest BCUT2D eigenvalue weighted by Gasteiger charge is -2.23. The van der Waals surface area contributed by atoms with Gasteiger partial charge in [0.2, 0.25) is 0 Å². The molecule has 1 saturated carbocycles. The van der Waals surface area contributed by atoms with E-state index in [2.05, 4.69) is 55.5 Å². The van der Waals surface area contributed by atoms with Crippen LogP contribution in [-0.4, -0.2) is 11.2 Å². The summed E-state index contributed by atoms with van der Waals surface area (Å²) in [4.78, 5) is 0. The lowest BCUT2D eigenvalue weighted by molar-refractivity contribution is 0.173. The summed E-state index contributed by atoms with van der Waals surface area (Å²) in [6, 6.07) is 0. The van der Waals surface area contributed by atoms with E-state index in [1.165, 1.54) is 0 Å². The maximum atomic E-state index is 9.78. The van der Waals surface area contributed by atoms with Crippen molar-refractivity contribution in [2.24, 2.45) is 11.3 Å². The zero-order valence-corrected chi connectivity index (χ0v) is 10.5. The van der Waals surface area contributed by atoms with Gasteiger partial charge in [-0.3, -0.25) is 0 Å². The standard InChI is InChI=1S/C16H22O/c1-2-3-4-5-6-7-10-16-11-8-9-14(16)12-15(17)13-16/h3-8,10-11,14-15,17H,2,9,12-13H2,1H3/b4-3-,6-5+,10-7+. The highest BCUT2D eigenvalue weighted by atomic mass is 16.3. The molecule has 0 spiro atoms. The Balaban J connectivity index is 1.97. The molecule has 17 heavy (non-hydrogen) atoms. The molecule has 1 heteroatoms. The van der Waals surface area contributed by atoms with Crippen LogP contribution in [0.2, 0.25) is 0 Å². The van der Waals surface area contributed by atoms with Crippen LogP contribution in [0, 0.1) is 11.3 Å². The topological polar surface area (TPSA) is 20.2 Å². The first-order valence-corrected chi connectivity index (χ1v) is 6.63. The Morgan fingerprint density at radius 1 is 1.29 bits per heavy atom. The van der Waals surface area contributed by atoms with Gasteiger partial charge in [0.1, 0.15) is 0 Å². The van der Waals surface area contributed by atoms with Gasteiger partial charge in [-0.2, -0.15) is 0 Å². The average molecular weight is 230 g/mol. The van der Waals surface area contributed by atoms with Crippen LogP contribution in [0.15, 0.2) is 48.6 Å². The molecule has 1 N–H and O–H groups in total. The van der Waals surface area contributed by atoms with Crippen LogP contribution in [-0.2, 0) is 0 Å². The molecule has 0 saturated heterocycles. The van der Waals surface area contributed by atoms with Gasteiger partial charge in [0, 0.05) is 5.41 Å². The monoisotopic (exact) mass is 230 g/mol. The van der Waals surface area contributed by atoms with E-state index in [9.17, 15) is 5.11 Å². The number of fused-ring (bicyclic) bond motifs is 1. The van der Waals surface area contributed by atoms with Crippen LogP contribution in [0.1, 0.15) is 32.6 Å². The number of allylic oxidation sites excluding steroid dienone is 8. The number of aliphatic hydroxyl groups is 1. The van der Waals surface area contributed by atoms with Crippen LogP contribution in [0.4, 0.5) is 0 Å². The van der Waals surface area contributed by atoms with E-state index in [0.29, 0.717) is 5.92 Å². The zero-order chi connectivity index (χ0) is 12.1. The predicted octanol–water partition coefficient (Wildman–Crippen LogP) is 3.78. The summed E-state index contributed by atoms with van der Waals surface area (Å²) in [5.41, 5.74) is 0.137. The SMILES string of the molecule is CC\C=C/C=C/C=C/C12C=CCC1CC(O)C2. The number of rotatable bonds is 4. The number of aliphatic hydroxyl groups excluding tert-OH is 1. The summed E-state index contributed by atoms with van der Waals surface area (Å²) < 4.78 is 0. The van der Waals surface area contributed by atoms with Crippen LogP contribution in [0.5, 0.6) is 0 Å². The summed E-state index contributed by atoms with van der Waals surface area (Å²) >= 11 is 0. The van der Waals surface area contributed by atoms with Gasteiger partial charge in [-0.1, -0.05) is 55.5 Å². The predicted molar refractivity (Wildman–Crippen MR) is 72.6 cm³/mol. The van der Waals surface area contributed by atoms with Gasteiger partial charge < -0.3 is 5.11 Å². The maximum Gasteiger partial charge on any atom is 0.0554 e. The van der Waals surface area contributed by atoms with Crippen molar-refractivity contribution in [3.63, 3.8) is 0 Å². The molecule has 0 heterocycles. The van der Waals surface area contributed by atoms with Crippen molar-refractivity contribution in [3.05, 3.63) is 48.6 Å². The average Bonchev–Trinajstić information content (AvgIpc) is 2.79. The third-order valence-electron chi connectivity index (χ3n) is 3.87. The molecular weight excluding hydrogens is 208 g/mol. The molecule has 3 atom stereocenters. The normalized spacial score (nSPS) is 36.8. The second-order valence-electron chi connectivity index (χ2n) is 5.12. The van der Waals surface area contributed by atoms with Crippen LogP contribution >= 0.6 is 0 Å². The summed E-state index contributed by atoms with van der Waals surface area (Å²) in [5.74, 6) is 0.619. The Morgan fingerprint density at radius 3 is 2.94 bits per heavy atom. The van der Waals surface area contributed by atoms with Crippen molar-refractivity contribution in [2.45, 2.75) is 38.7 Å². The summed E-state index contributed by atoms with van der Waals surface area (Å²) in [6.07, 6.45) is 21.3. The summed E-state index contributed by atoms with van der Waals surface area (Å²) in [7, 11) is 0. The van der Waals surface area contributed by atoms with Crippen molar-refractivity contribution >= 4 is 0 Å². The van der Waals surface area contributed by atoms with Crippen LogP contribution < -0.4 is 0 Å². The minimum Gasteiger partial charge on any atom is -0.393 e. The van der Waals surface area contributed by atoms with Crippen molar-refractivity contribution < 1.29 is 5.11 Å². The van der Waals surface area contributed by atoms with E-state index in [0.717, 1.165) is 25.7 Å². The molecule has 2 aliphatic rings. The number of hydrogen-bond acceptors (Lipinski definition) is 1. The maximum absolute atomic E-state index is 9.78. The van der Waals surface area contributed by atoms with Crippen LogP contribution in [0.25, 0.3) is 0 Å². The first-order chi connectivity index (χ1) is 8.27. The largest absolute Gasteiger partial charge is 0.393 e. The molecule has 92 valence electrons. The van der Waals surface area contributed by atoms with Crippen molar-refractivity contribution in [3.8, 4) is 0 Å². The Hall–Kier alpha value is -1.08. The molecule has 0 aromatic carbocycles. The Bertz CT molecular complexity index is 362. The van der Waals surface area contributed by atoms with Gasteiger partial charge in [0.05, 0.1) is 6.10 Å². The van der Waals surface area contributed by atoms with E-state index >= 15 is 0 Å². The van der Waals surface area contributed by atoms with E-state index in [4.69, 9.17) is 0 Å². The molecule has 1 nitrogen and oxygen atoms in total. The van der Waals surface area contributed by atoms with Gasteiger partial charge in [-0.05, 0) is 31.6 Å². The summed E-state index contributed by atoms with van der Waals surface area (Å²) in [6.45, 7) is 2.13. The zero-order valence-electron chi connectivity index (χ0n) is 10.5. The van der Waals surface area contributed by atoms with E-state index in [-0.39, 0.29) is 11.5 Å². The molecule has 2 aliphatic carbocycles. The molecule has 0 aromatic rings. The fourth-order valence-electron chi connectivity index (χ4n) is 3.01. The highest BCUT2D eigenvalue weighted by Gasteiger charge is 2.44. The van der Waals surface area contributed by atoms with Gasteiger partial charge in [0.15, 0.2) is 0 Å². The lowest BCUT2D eigenvalue weighted by Crippen LogP contribution is -2.16. The van der Waals surface area contributed by atoms with E-state index in [1.807, 2.05) is 0 Å². The smallest absolute Gasteiger partial charge is 0.0554 e. The summed E-state index contributed by atoms with van der Waals surface area (Å²) in [5, 5.41) is 9.78.